The van der Waals surface area contributed by atoms with Crippen LogP contribution in [-0.4, -0.2) is 69.4 Å². The lowest BCUT2D eigenvalue weighted by atomic mass is 10.0. The Morgan fingerprint density at radius 1 is 0.468 bits per heavy atom. The van der Waals surface area contributed by atoms with Gasteiger partial charge in [-0.1, -0.05) is 274 Å². The first-order chi connectivity index (χ1) is 37.4. The molecule has 0 rings (SSSR count). The van der Waals surface area contributed by atoms with Crippen molar-refractivity contribution in [3.05, 3.63) is 72.9 Å². The van der Waals surface area contributed by atoms with Gasteiger partial charge in [-0.25, -0.2) is 0 Å². The predicted octanol–water partition coefficient (Wildman–Crippen LogP) is 19.4. The zero-order valence-electron chi connectivity index (χ0n) is 51.2. The van der Waals surface area contributed by atoms with Crippen molar-refractivity contribution in [2.24, 2.45) is 0 Å². The van der Waals surface area contributed by atoms with E-state index in [-0.39, 0.29) is 24.9 Å². The Hall–Kier alpha value is -2.55. The molecule has 0 aliphatic carbocycles. The molecule has 0 heterocycles. The third kappa shape index (κ3) is 57.9. The van der Waals surface area contributed by atoms with E-state index in [1.165, 1.54) is 154 Å². The number of rotatable bonds is 58. The van der Waals surface area contributed by atoms with Gasteiger partial charge in [0.25, 0.3) is 7.82 Å². The van der Waals surface area contributed by atoms with Crippen LogP contribution in [0.15, 0.2) is 72.9 Å². The van der Waals surface area contributed by atoms with Crippen molar-refractivity contribution in [2.45, 2.75) is 303 Å². The van der Waals surface area contributed by atoms with Gasteiger partial charge < -0.3 is 28.5 Å². The van der Waals surface area contributed by atoms with Crippen LogP contribution in [0.5, 0.6) is 0 Å². The fraction of sp³-hybridized carbons (Fsp3) is 0.791. The van der Waals surface area contributed by atoms with Gasteiger partial charge in [0.15, 0.2) is 0 Å². The van der Waals surface area contributed by atoms with Crippen LogP contribution in [0.3, 0.4) is 0 Å². The van der Waals surface area contributed by atoms with Crippen LogP contribution in [-0.2, 0) is 27.9 Å². The molecule has 3 unspecified atom stereocenters. The first kappa shape index (κ1) is 74.5. The highest BCUT2D eigenvalue weighted by Gasteiger charge is 2.27. The van der Waals surface area contributed by atoms with Gasteiger partial charge in [0, 0.05) is 12.8 Å². The van der Waals surface area contributed by atoms with Crippen molar-refractivity contribution in [3.63, 3.8) is 0 Å². The van der Waals surface area contributed by atoms with E-state index in [0.717, 1.165) is 103 Å². The minimum atomic E-state index is -4.70. The van der Waals surface area contributed by atoms with Crippen molar-refractivity contribution < 1.29 is 37.3 Å². The lowest BCUT2D eigenvalue weighted by Gasteiger charge is -2.30. The average Bonchev–Trinajstić information content (AvgIpc) is 3.39. The summed E-state index contributed by atoms with van der Waals surface area (Å²) in [4.78, 5) is 40.0. The number of likely N-dealkylation sites (N-methyl/N-ethyl adjacent to an activating group) is 1. The smallest absolute Gasteiger partial charge is 0.306 e. The van der Waals surface area contributed by atoms with Crippen molar-refractivity contribution >= 4 is 19.7 Å². The monoisotopic (exact) mass is 1100 g/mol. The van der Waals surface area contributed by atoms with Gasteiger partial charge in [0.1, 0.15) is 19.3 Å². The van der Waals surface area contributed by atoms with Crippen LogP contribution in [0, 0.1) is 0 Å². The molecule has 0 aromatic heterocycles. The number of quaternary nitrogens is 1. The van der Waals surface area contributed by atoms with Crippen LogP contribution >= 0.6 is 7.82 Å². The maximum atomic E-state index is 13.6. The number of allylic oxidation sites excluding steroid dienone is 11. The number of carbonyl (C=O) groups excluding carboxylic acids is 2. The Morgan fingerprint density at radius 3 is 1.25 bits per heavy atom. The highest BCUT2D eigenvalue weighted by molar-refractivity contribution is 7.45. The minimum Gasteiger partial charge on any atom is -0.756 e. The number of hydrogen-bond acceptors (Lipinski definition) is 7. The summed E-state index contributed by atoms with van der Waals surface area (Å²) in [6.45, 7) is 6.74. The summed E-state index contributed by atoms with van der Waals surface area (Å²) in [6, 6.07) is -0.895. The Bertz CT molecular complexity index is 1550. The summed E-state index contributed by atoms with van der Waals surface area (Å²) < 4.78 is 30.4. The fourth-order valence-electron chi connectivity index (χ4n) is 9.20. The van der Waals surface area contributed by atoms with Crippen molar-refractivity contribution in [1.29, 1.82) is 0 Å². The van der Waals surface area contributed by atoms with Gasteiger partial charge >= 0.3 is 5.97 Å². The van der Waals surface area contributed by atoms with Gasteiger partial charge in [-0.3, -0.25) is 14.2 Å². The fourth-order valence-corrected chi connectivity index (χ4v) is 9.92. The molecule has 1 amide bonds. The number of nitrogens with one attached hydrogen (secondary N) is 1. The standard InChI is InChI=1S/C67H123N2O7P/c1-7-10-13-16-19-22-25-28-30-31-32-33-34-35-36-37-39-41-44-47-50-53-56-59-66(70)68-64(63-75-77(72,73)74-62-61-69(4,5)6)65(58-55-52-49-46-43-40-27-24-21-18-15-12-9-3)76-67(71)60-57-54-51-48-45-42-38-29-26-23-20-17-14-11-8-2/h10,13,19,22,28,30,32-33,35-36,55,58,64-65H,7-9,11-12,14-18,20-21,23-27,29,31,34,37-54,56-57,59-63H2,1-6H3,(H-,68,70,72,73)/b13-10-,22-19-,30-28-,33-32-,36-35-,58-55-. The number of hydrogen-bond donors (Lipinski definition) is 1. The summed E-state index contributed by atoms with van der Waals surface area (Å²) in [7, 11) is 1.18. The second-order valence-electron chi connectivity index (χ2n) is 22.9. The topological polar surface area (TPSA) is 114 Å². The zero-order valence-corrected chi connectivity index (χ0v) is 52.0. The Kier molecular flexibility index (Phi) is 54.8. The normalized spacial score (nSPS) is 14.1. The highest BCUT2D eigenvalue weighted by atomic mass is 31.2. The molecular weight excluding hydrogens is 976 g/mol. The molecule has 448 valence electrons. The van der Waals surface area contributed by atoms with E-state index in [0.29, 0.717) is 17.4 Å². The highest BCUT2D eigenvalue weighted by Crippen LogP contribution is 2.38. The molecule has 0 aromatic carbocycles. The molecule has 77 heavy (non-hydrogen) atoms. The molecule has 10 heteroatoms. The second kappa shape index (κ2) is 56.7. The molecule has 1 N–H and O–H groups in total. The predicted molar refractivity (Wildman–Crippen MR) is 330 cm³/mol. The Morgan fingerprint density at radius 2 is 0.831 bits per heavy atom. The largest absolute Gasteiger partial charge is 0.756 e. The van der Waals surface area contributed by atoms with Gasteiger partial charge in [-0.15, -0.1) is 0 Å². The number of esters is 1. The number of phosphoric ester groups is 1. The summed E-state index contributed by atoms with van der Waals surface area (Å²) >= 11 is 0. The quantitative estimate of drug-likeness (QED) is 0.0212. The van der Waals surface area contributed by atoms with E-state index in [2.05, 4.69) is 86.8 Å². The molecule has 0 aromatic rings. The van der Waals surface area contributed by atoms with E-state index >= 15 is 0 Å². The van der Waals surface area contributed by atoms with Crippen molar-refractivity contribution in [2.75, 3.05) is 40.9 Å². The number of carbonyl (C=O) groups is 2. The van der Waals surface area contributed by atoms with E-state index in [1.54, 1.807) is 0 Å². The molecule has 0 aliphatic rings. The van der Waals surface area contributed by atoms with Crippen LogP contribution in [0.1, 0.15) is 290 Å². The van der Waals surface area contributed by atoms with E-state index in [9.17, 15) is 19.0 Å². The molecule has 0 spiro atoms. The van der Waals surface area contributed by atoms with Crippen LogP contribution < -0.4 is 10.2 Å². The average molecular weight is 1100 g/mol. The van der Waals surface area contributed by atoms with Crippen LogP contribution in [0.4, 0.5) is 0 Å². The molecular formula is C67H123N2O7P. The first-order valence-corrected chi connectivity index (χ1v) is 33.7. The van der Waals surface area contributed by atoms with Crippen molar-refractivity contribution in [3.8, 4) is 0 Å². The minimum absolute atomic E-state index is 0.0257. The maximum absolute atomic E-state index is 13.6. The zero-order chi connectivity index (χ0) is 56.4. The van der Waals surface area contributed by atoms with E-state index in [1.807, 2.05) is 33.3 Å². The van der Waals surface area contributed by atoms with Gasteiger partial charge in [-0.05, 0) is 76.7 Å². The number of phosphoric acid groups is 1. The lowest BCUT2D eigenvalue weighted by molar-refractivity contribution is -0.870. The van der Waals surface area contributed by atoms with Gasteiger partial charge in [-0.2, -0.15) is 0 Å². The molecule has 0 saturated heterocycles. The molecule has 0 fully saturated rings. The van der Waals surface area contributed by atoms with E-state index in [4.69, 9.17) is 13.8 Å². The number of unbranched alkanes of at least 4 members (excludes halogenated alkanes) is 32. The lowest BCUT2D eigenvalue weighted by Crippen LogP contribution is -2.47. The van der Waals surface area contributed by atoms with Gasteiger partial charge in [0.05, 0.1) is 33.8 Å². The van der Waals surface area contributed by atoms with E-state index < -0.39 is 26.6 Å². The van der Waals surface area contributed by atoms with Gasteiger partial charge in [0.2, 0.25) is 5.91 Å². The number of nitrogens with zero attached hydrogens (tertiary/aromatic N) is 1. The molecule has 0 bridgehead atoms. The first-order valence-electron chi connectivity index (χ1n) is 32.2. The molecule has 9 nitrogen and oxygen atoms in total. The second-order valence-corrected chi connectivity index (χ2v) is 24.3. The number of ether oxygens (including phenoxy) is 1. The number of amides is 1. The SMILES string of the molecule is CC/C=C\C/C=C\C/C=C\C/C=C\C/C=C\CCCCCCCCCC(=O)NC(COP(=O)([O-])OCC[N+](C)(C)C)C(/C=C\CCCCCCCCCCCCC)OC(=O)CCCCCCCCCCCCCCCCC. The summed E-state index contributed by atoms with van der Waals surface area (Å²) in [6.07, 6.45) is 72.9. The molecule has 0 radical (unpaired) electrons. The van der Waals surface area contributed by atoms with Crippen LogP contribution in [0.2, 0.25) is 0 Å². The third-order valence-electron chi connectivity index (χ3n) is 14.2. The van der Waals surface area contributed by atoms with Crippen molar-refractivity contribution in [1.82, 2.24) is 5.32 Å². The summed E-state index contributed by atoms with van der Waals surface area (Å²) in [5.41, 5.74) is 0. The molecule has 3 atom stereocenters. The summed E-state index contributed by atoms with van der Waals surface area (Å²) in [5, 5.41) is 3.03. The Balaban J connectivity index is 5.23. The Labute approximate surface area is 476 Å². The summed E-state index contributed by atoms with van der Waals surface area (Å²) in [5.74, 6) is -0.546. The molecule has 0 saturated carbocycles. The maximum Gasteiger partial charge on any atom is 0.306 e. The van der Waals surface area contributed by atoms with Crippen LogP contribution in [0.25, 0.3) is 0 Å². The molecule has 0 aliphatic heterocycles. The third-order valence-corrected chi connectivity index (χ3v) is 15.1.